The third-order valence-corrected chi connectivity index (χ3v) is 3.26. The smallest absolute Gasteiger partial charge is 0.185 e. The molecule has 0 aromatic carbocycles. The summed E-state index contributed by atoms with van der Waals surface area (Å²) in [5.41, 5.74) is 0. The highest BCUT2D eigenvalue weighted by molar-refractivity contribution is 7.15. The molecule has 0 spiro atoms. The van der Waals surface area contributed by atoms with Gasteiger partial charge in [0.15, 0.2) is 5.13 Å². The molecule has 90 valence electrons. The highest BCUT2D eigenvalue weighted by atomic mass is 32.1. The van der Waals surface area contributed by atoms with Crippen LogP contribution in [-0.2, 0) is 6.54 Å². The van der Waals surface area contributed by atoms with E-state index in [0.29, 0.717) is 6.54 Å². The summed E-state index contributed by atoms with van der Waals surface area (Å²) in [6.07, 6.45) is 3.75. The molecule has 0 saturated carbocycles. The fraction of sp³-hybridized carbons (Fsp3) is 0.545. The summed E-state index contributed by atoms with van der Waals surface area (Å²) in [7, 11) is 3.97. The minimum absolute atomic E-state index is 0.174. The van der Waals surface area contributed by atoms with Crippen LogP contribution >= 0.6 is 11.3 Å². The summed E-state index contributed by atoms with van der Waals surface area (Å²) in [6.45, 7) is 6.16. The van der Waals surface area contributed by atoms with Crippen LogP contribution in [0.2, 0.25) is 0 Å². The third-order valence-electron chi connectivity index (χ3n) is 2.11. The van der Waals surface area contributed by atoms with Crippen molar-refractivity contribution in [3.05, 3.63) is 23.7 Å². The molecule has 1 aromatic heterocycles. The van der Waals surface area contributed by atoms with E-state index in [2.05, 4.69) is 16.5 Å². The van der Waals surface area contributed by atoms with Gasteiger partial charge in [0.25, 0.3) is 0 Å². The summed E-state index contributed by atoms with van der Waals surface area (Å²) >= 11 is 1.68. The molecule has 4 nitrogen and oxygen atoms in total. The van der Waals surface area contributed by atoms with Crippen LogP contribution in [0.25, 0.3) is 0 Å². The van der Waals surface area contributed by atoms with E-state index in [1.165, 1.54) is 4.88 Å². The summed E-state index contributed by atoms with van der Waals surface area (Å²) in [5.74, 6) is 0. The predicted molar refractivity (Wildman–Crippen MR) is 69.0 cm³/mol. The molecule has 0 aliphatic heterocycles. The second kappa shape index (κ2) is 6.62. The van der Waals surface area contributed by atoms with Crippen molar-refractivity contribution in [1.82, 2.24) is 9.88 Å². The molecule has 0 aliphatic rings. The van der Waals surface area contributed by atoms with Crippen LogP contribution in [-0.4, -0.2) is 48.8 Å². The second-order valence-corrected chi connectivity index (χ2v) is 4.84. The van der Waals surface area contributed by atoms with Crippen LogP contribution < -0.4 is 4.90 Å². The lowest BCUT2D eigenvalue weighted by atomic mass is 10.4. The van der Waals surface area contributed by atoms with Crippen LogP contribution in [0.3, 0.4) is 0 Å². The zero-order chi connectivity index (χ0) is 12.0. The van der Waals surface area contributed by atoms with Crippen LogP contribution in [0.4, 0.5) is 5.13 Å². The number of hydrogen-bond donors (Lipinski definition) is 1. The molecule has 1 N–H and O–H groups in total. The van der Waals surface area contributed by atoms with Crippen LogP contribution in [0.1, 0.15) is 4.88 Å². The molecule has 16 heavy (non-hydrogen) atoms. The Labute approximate surface area is 101 Å². The number of aromatic nitrogens is 1. The molecule has 0 saturated heterocycles. The lowest BCUT2D eigenvalue weighted by Crippen LogP contribution is -2.26. The maximum atomic E-state index is 8.94. The predicted octanol–water partition coefficient (Wildman–Crippen LogP) is 1.19. The van der Waals surface area contributed by atoms with Gasteiger partial charge >= 0.3 is 0 Å². The third kappa shape index (κ3) is 3.92. The molecule has 5 heteroatoms. The quantitative estimate of drug-likeness (QED) is 0.728. The summed E-state index contributed by atoms with van der Waals surface area (Å²) in [4.78, 5) is 9.66. The Bertz CT molecular complexity index is 325. The van der Waals surface area contributed by atoms with Crippen molar-refractivity contribution in [3.8, 4) is 0 Å². The molecule has 0 atom stereocenters. The Balaban J connectivity index is 2.58. The Hall–Kier alpha value is -0.910. The number of anilines is 1. The summed E-state index contributed by atoms with van der Waals surface area (Å²) < 4.78 is 0. The molecule has 0 aliphatic carbocycles. The van der Waals surface area contributed by atoms with E-state index < -0.39 is 0 Å². The topological polar surface area (TPSA) is 39.6 Å². The number of rotatable bonds is 7. The van der Waals surface area contributed by atoms with Crippen molar-refractivity contribution in [1.29, 1.82) is 0 Å². The first-order valence-corrected chi connectivity index (χ1v) is 6.05. The summed E-state index contributed by atoms with van der Waals surface area (Å²) in [6, 6.07) is 0. The molecule has 0 radical (unpaired) electrons. The van der Waals surface area contributed by atoms with Crippen LogP contribution in [0.5, 0.6) is 0 Å². The molecule has 0 amide bonds. The molecule has 1 aromatic rings. The number of hydrogen-bond acceptors (Lipinski definition) is 5. The first kappa shape index (κ1) is 13.2. The van der Waals surface area contributed by atoms with Gasteiger partial charge in [-0.05, 0) is 0 Å². The Morgan fingerprint density at radius 1 is 1.56 bits per heavy atom. The molecule has 1 rings (SSSR count). The van der Waals surface area contributed by atoms with Crippen molar-refractivity contribution in [2.45, 2.75) is 6.54 Å². The normalized spacial score (nSPS) is 10.8. The van der Waals surface area contributed by atoms with E-state index in [1.807, 2.05) is 31.3 Å². The zero-order valence-corrected chi connectivity index (χ0v) is 10.7. The lowest BCUT2D eigenvalue weighted by molar-refractivity contribution is 0.204. The van der Waals surface area contributed by atoms with Crippen molar-refractivity contribution >= 4 is 16.5 Å². The van der Waals surface area contributed by atoms with Gasteiger partial charge in [-0.25, -0.2) is 4.98 Å². The van der Waals surface area contributed by atoms with E-state index in [-0.39, 0.29) is 6.61 Å². The lowest BCUT2D eigenvalue weighted by Gasteiger charge is -2.17. The van der Waals surface area contributed by atoms with Gasteiger partial charge in [0.2, 0.25) is 0 Å². The van der Waals surface area contributed by atoms with Gasteiger partial charge in [0.05, 0.1) is 6.61 Å². The summed E-state index contributed by atoms with van der Waals surface area (Å²) in [5, 5.41) is 9.95. The fourth-order valence-electron chi connectivity index (χ4n) is 1.36. The van der Waals surface area contributed by atoms with E-state index in [9.17, 15) is 0 Å². The van der Waals surface area contributed by atoms with Gasteiger partial charge in [-0.15, -0.1) is 17.9 Å². The Morgan fingerprint density at radius 2 is 2.31 bits per heavy atom. The zero-order valence-electron chi connectivity index (χ0n) is 9.89. The van der Waals surface area contributed by atoms with Crippen LogP contribution in [0, 0.1) is 0 Å². The molecule has 0 bridgehead atoms. The number of aliphatic hydroxyl groups excluding tert-OH is 1. The molecule has 1 heterocycles. The van der Waals surface area contributed by atoms with Gasteiger partial charge in [-0.2, -0.15) is 0 Å². The maximum absolute atomic E-state index is 8.94. The minimum atomic E-state index is 0.174. The fourth-order valence-corrected chi connectivity index (χ4v) is 2.23. The van der Waals surface area contributed by atoms with Crippen molar-refractivity contribution < 1.29 is 5.11 Å². The maximum Gasteiger partial charge on any atom is 0.185 e. The van der Waals surface area contributed by atoms with E-state index in [0.717, 1.165) is 18.2 Å². The van der Waals surface area contributed by atoms with Crippen molar-refractivity contribution in [3.63, 3.8) is 0 Å². The first-order chi connectivity index (χ1) is 7.67. The van der Waals surface area contributed by atoms with E-state index >= 15 is 0 Å². The standard InChI is InChI=1S/C11H19N3OS/c1-4-5-14(6-7-15)9-10-8-12-11(16-10)13(2)3/h4,8,15H,1,5-7,9H2,2-3H3. The van der Waals surface area contributed by atoms with E-state index in [1.54, 1.807) is 11.3 Å². The molecular formula is C11H19N3OS. The molecular weight excluding hydrogens is 222 g/mol. The highest BCUT2D eigenvalue weighted by Crippen LogP contribution is 2.21. The monoisotopic (exact) mass is 241 g/mol. The molecule has 0 fully saturated rings. The van der Waals surface area contributed by atoms with Gasteiger partial charge < -0.3 is 10.0 Å². The van der Waals surface area contributed by atoms with Crippen LogP contribution in [0.15, 0.2) is 18.9 Å². The SMILES string of the molecule is C=CCN(CCO)Cc1cnc(N(C)C)s1. The Morgan fingerprint density at radius 3 is 2.81 bits per heavy atom. The van der Waals surface area contributed by atoms with Gasteiger partial charge in [-0.3, -0.25) is 4.90 Å². The average molecular weight is 241 g/mol. The second-order valence-electron chi connectivity index (χ2n) is 3.75. The van der Waals surface area contributed by atoms with Gasteiger partial charge in [0.1, 0.15) is 0 Å². The highest BCUT2D eigenvalue weighted by Gasteiger charge is 2.08. The minimum Gasteiger partial charge on any atom is -0.395 e. The van der Waals surface area contributed by atoms with Crippen molar-refractivity contribution in [2.24, 2.45) is 0 Å². The van der Waals surface area contributed by atoms with Crippen molar-refractivity contribution in [2.75, 3.05) is 38.7 Å². The number of aliphatic hydroxyl groups is 1. The number of thiazole rings is 1. The first-order valence-electron chi connectivity index (χ1n) is 5.23. The Kier molecular flexibility index (Phi) is 5.45. The van der Waals surface area contributed by atoms with Gasteiger partial charge in [-0.1, -0.05) is 6.08 Å². The van der Waals surface area contributed by atoms with Gasteiger partial charge in [0, 0.05) is 44.8 Å². The average Bonchev–Trinajstić information content (AvgIpc) is 2.67. The molecule has 0 unspecified atom stereocenters. The largest absolute Gasteiger partial charge is 0.395 e. The van der Waals surface area contributed by atoms with E-state index in [4.69, 9.17) is 5.11 Å². The number of nitrogens with zero attached hydrogens (tertiary/aromatic N) is 3.